The van der Waals surface area contributed by atoms with Crippen molar-refractivity contribution >= 4 is 22.4 Å². The van der Waals surface area contributed by atoms with Crippen molar-refractivity contribution in [3.05, 3.63) is 69.9 Å². The van der Waals surface area contributed by atoms with Gasteiger partial charge in [-0.1, -0.05) is 45.0 Å². The van der Waals surface area contributed by atoms with Crippen LogP contribution in [-0.4, -0.2) is 10.9 Å². The van der Waals surface area contributed by atoms with Gasteiger partial charge >= 0.3 is 0 Å². The maximum Gasteiger partial charge on any atom is 0.263 e. The summed E-state index contributed by atoms with van der Waals surface area (Å²) < 4.78 is 67.2. The molecule has 0 fully saturated rings. The van der Waals surface area contributed by atoms with Crippen molar-refractivity contribution in [3.63, 3.8) is 0 Å². The summed E-state index contributed by atoms with van der Waals surface area (Å²) in [5.74, 6) is -12.6. The Hall–Kier alpha value is -2.81. The molecule has 0 saturated carbocycles. The lowest BCUT2D eigenvalue weighted by Crippen LogP contribution is -2.19. The van der Waals surface area contributed by atoms with Crippen LogP contribution in [0.3, 0.4) is 0 Å². The third kappa shape index (κ3) is 4.00. The molecule has 1 amide bonds. The molecule has 3 aromatic rings. The highest BCUT2D eigenvalue weighted by Crippen LogP contribution is 2.29. The van der Waals surface area contributed by atoms with Gasteiger partial charge in [0, 0.05) is 10.9 Å². The number of amides is 1. The quantitative estimate of drug-likeness (QED) is 0.314. The van der Waals surface area contributed by atoms with Gasteiger partial charge < -0.3 is 0 Å². The van der Waals surface area contributed by atoms with Gasteiger partial charge in [-0.25, -0.2) is 26.9 Å². The average Bonchev–Trinajstić information content (AvgIpc) is 3.13. The molecule has 0 saturated heterocycles. The summed E-state index contributed by atoms with van der Waals surface area (Å²) in [6.07, 6.45) is 0. The number of thiazole rings is 1. The van der Waals surface area contributed by atoms with E-state index in [1.807, 2.05) is 24.3 Å². The van der Waals surface area contributed by atoms with E-state index in [0.717, 1.165) is 22.5 Å². The SMILES string of the molecule is CC(C)(C)c1ccc(-c2csc(NC(=O)c3c(F)c(F)c(F)c(F)c3F)n2)cc1. The minimum Gasteiger partial charge on any atom is -0.298 e. The van der Waals surface area contributed by atoms with Gasteiger partial charge in [0.25, 0.3) is 5.91 Å². The lowest BCUT2D eigenvalue weighted by molar-refractivity contribution is 0.101. The second-order valence-corrected chi connectivity index (χ2v) is 8.12. The third-order valence-corrected chi connectivity index (χ3v) is 4.97. The first kappa shape index (κ1) is 20.9. The normalized spacial score (nSPS) is 11.6. The smallest absolute Gasteiger partial charge is 0.263 e. The van der Waals surface area contributed by atoms with E-state index in [4.69, 9.17) is 0 Å². The van der Waals surface area contributed by atoms with Crippen molar-refractivity contribution in [2.24, 2.45) is 0 Å². The van der Waals surface area contributed by atoms with E-state index in [0.29, 0.717) is 5.69 Å². The van der Waals surface area contributed by atoms with Gasteiger partial charge in [-0.2, -0.15) is 0 Å². The van der Waals surface area contributed by atoms with Crippen molar-refractivity contribution in [1.82, 2.24) is 4.98 Å². The molecule has 1 heterocycles. The number of hydrogen-bond acceptors (Lipinski definition) is 3. The molecule has 3 nitrogen and oxygen atoms in total. The second kappa shape index (κ2) is 7.55. The number of aromatic nitrogens is 1. The minimum atomic E-state index is -2.33. The van der Waals surface area contributed by atoms with Gasteiger partial charge in [0.15, 0.2) is 28.4 Å². The first-order chi connectivity index (χ1) is 13.5. The Morgan fingerprint density at radius 2 is 1.41 bits per heavy atom. The van der Waals surface area contributed by atoms with E-state index in [1.165, 1.54) is 0 Å². The van der Waals surface area contributed by atoms with Crippen molar-refractivity contribution in [2.45, 2.75) is 26.2 Å². The lowest BCUT2D eigenvalue weighted by Gasteiger charge is -2.18. The minimum absolute atomic E-state index is 0.0341. The first-order valence-corrected chi connectivity index (χ1v) is 9.28. The summed E-state index contributed by atoms with van der Waals surface area (Å²) >= 11 is 0.951. The summed E-state index contributed by atoms with van der Waals surface area (Å²) in [7, 11) is 0. The number of carbonyl (C=O) groups excluding carboxylic acids is 1. The van der Waals surface area contributed by atoms with Crippen LogP contribution in [0, 0.1) is 29.1 Å². The molecule has 152 valence electrons. The zero-order chi connectivity index (χ0) is 21.5. The summed E-state index contributed by atoms with van der Waals surface area (Å²) in [5, 5.41) is 3.62. The Labute approximate surface area is 167 Å². The van der Waals surface area contributed by atoms with Gasteiger partial charge in [-0.15, -0.1) is 11.3 Å². The maximum atomic E-state index is 13.8. The van der Waals surface area contributed by atoms with Crippen LogP contribution in [0.5, 0.6) is 0 Å². The standard InChI is InChI=1S/C20H15F5N2OS/c1-20(2,3)10-6-4-9(5-7-10)11-8-29-19(26-11)27-18(28)12-13(21)15(23)17(25)16(24)14(12)22/h4-8H,1-3H3,(H,26,27,28). The maximum absolute atomic E-state index is 13.8. The Balaban J connectivity index is 1.85. The molecule has 0 aliphatic heterocycles. The molecule has 1 aromatic heterocycles. The summed E-state index contributed by atoms with van der Waals surface area (Å²) in [4.78, 5) is 16.2. The summed E-state index contributed by atoms with van der Waals surface area (Å²) in [5.41, 5.74) is 0.742. The van der Waals surface area contributed by atoms with Crippen LogP contribution < -0.4 is 5.32 Å². The highest BCUT2D eigenvalue weighted by Gasteiger charge is 2.30. The number of rotatable bonds is 3. The molecule has 0 spiro atoms. The van der Waals surface area contributed by atoms with Crippen LogP contribution in [0.2, 0.25) is 0 Å². The van der Waals surface area contributed by atoms with E-state index < -0.39 is 40.6 Å². The zero-order valence-electron chi connectivity index (χ0n) is 15.5. The van der Waals surface area contributed by atoms with Crippen molar-refractivity contribution in [1.29, 1.82) is 0 Å². The Bertz CT molecular complexity index is 1060. The molecule has 0 radical (unpaired) electrons. The number of benzene rings is 2. The van der Waals surface area contributed by atoms with E-state index in [1.54, 1.807) is 5.38 Å². The largest absolute Gasteiger partial charge is 0.298 e. The lowest BCUT2D eigenvalue weighted by atomic mass is 9.86. The fourth-order valence-corrected chi connectivity index (χ4v) is 3.28. The molecule has 2 aromatic carbocycles. The number of nitrogens with one attached hydrogen (secondary N) is 1. The monoisotopic (exact) mass is 426 g/mol. The van der Waals surface area contributed by atoms with Gasteiger partial charge in [0.1, 0.15) is 5.56 Å². The topological polar surface area (TPSA) is 42.0 Å². The molecular weight excluding hydrogens is 411 g/mol. The van der Waals surface area contributed by atoms with E-state index >= 15 is 0 Å². The predicted molar refractivity (Wildman–Crippen MR) is 100 cm³/mol. The molecule has 29 heavy (non-hydrogen) atoms. The van der Waals surface area contributed by atoms with E-state index in [2.05, 4.69) is 31.1 Å². The van der Waals surface area contributed by atoms with Crippen LogP contribution >= 0.6 is 11.3 Å². The van der Waals surface area contributed by atoms with Crippen molar-refractivity contribution in [2.75, 3.05) is 5.32 Å². The molecule has 1 N–H and O–H groups in total. The Kier molecular flexibility index (Phi) is 5.44. The molecule has 0 unspecified atom stereocenters. The molecule has 0 bridgehead atoms. The van der Waals surface area contributed by atoms with Gasteiger partial charge in [0.2, 0.25) is 5.82 Å². The Morgan fingerprint density at radius 1 is 0.897 bits per heavy atom. The number of anilines is 1. The van der Waals surface area contributed by atoms with Crippen LogP contribution in [0.25, 0.3) is 11.3 Å². The van der Waals surface area contributed by atoms with E-state index in [-0.39, 0.29) is 10.5 Å². The molecule has 0 atom stereocenters. The molecular formula is C20H15F5N2OS. The van der Waals surface area contributed by atoms with Crippen molar-refractivity contribution < 1.29 is 26.7 Å². The summed E-state index contributed by atoms with van der Waals surface area (Å²) in [6, 6.07) is 7.54. The number of halogens is 5. The summed E-state index contributed by atoms with van der Waals surface area (Å²) in [6.45, 7) is 6.20. The highest BCUT2D eigenvalue weighted by atomic mass is 32.1. The van der Waals surface area contributed by atoms with Crippen LogP contribution in [0.1, 0.15) is 36.7 Å². The second-order valence-electron chi connectivity index (χ2n) is 7.26. The Morgan fingerprint density at radius 3 is 1.93 bits per heavy atom. The van der Waals surface area contributed by atoms with Crippen LogP contribution in [-0.2, 0) is 5.41 Å². The first-order valence-electron chi connectivity index (χ1n) is 8.40. The van der Waals surface area contributed by atoms with E-state index in [9.17, 15) is 26.7 Å². The van der Waals surface area contributed by atoms with Gasteiger partial charge in [-0.05, 0) is 11.0 Å². The zero-order valence-corrected chi connectivity index (χ0v) is 16.4. The third-order valence-electron chi connectivity index (χ3n) is 4.21. The molecule has 0 aliphatic carbocycles. The number of carbonyl (C=O) groups is 1. The fraction of sp³-hybridized carbons (Fsp3) is 0.200. The average molecular weight is 426 g/mol. The fourth-order valence-electron chi connectivity index (χ4n) is 2.57. The van der Waals surface area contributed by atoms with Gasteiger partial charge in [0.05, 0.1) is 5.69 Å². The molecule has 0 aliphatic rings. The van der Waals surface area contributed by atoms with Crippen LogP contribution in [0.4, 0.5) is 27.1 Å². The predicted octanol–water partition coefficient (Wildman–Crippen LogP) is 6.06. The highest BCUT2D eigenvalue weighted by molar-refractivity contribution is 7.14. The van der Waals surface area contributed by atoms with Crippen molar-refractivity contribution in [3.8, 4) is 11.3 Å². The van der Waals surface area contributed by atoms with Crippen LogP contribution in [0.15, 0.2) is 29.6 Å². The number of nitrogens with zero attached hydrogens (tertiary/aromatic N) is 1. The number of hydrogen-bond donors (Lipinski definition) is 1. The van der Waals surface area contributed by atoms with Gasteiger partial charge in [-0.3, -0.25) is 10.1 Å². The molecule has 9 heteroatoms. The molecule has 3 rings (SSSR count).